The summed E-state index contributed by atoms with van der Waals surface area (Å²) in [5.41, 5.74) is 1.17. The molecule has 10 heteroatoms. The minimum atomic E-state index is -3.81. The van der Waals surface area contributed by atoms with Crippen LogP contribution in [0.5, 0.6) is 5.75 Å². The van der Waals surface area contributed by atoms with E-state index in [0.717, 1.165) is 5.56 Å². The number of nitrogens with one attached hydrogen (secondary N) is 1. The van der Waals surface area contributed by atoms with Crippen LogP contribution in [-0.4, -0.2) is 36.7 Å². The number of ether oxygens (including phenoxy) is 1. The van der Waals surface area contributed by atoms with Gasteiger partial charge in [0, 0.05) is 24.2 Å². The molecule has 1 N–H and O–H groups in total. The van der Waals surface area contributed by atoms with Crippen LogP contribution >= 0.6 is 0 Å². The molecule has 0 aliphatic carbocycles. The molecule has 3 aromatic rings. The molecule has 0 fully saturated rings. The molecule has 9 nitrogen and oxygen atoms in total. The van der Waals surface area contributed by atoms with E-state index in [1.54, 1.807) is 13.8 Å². The molecular formula is C24H25N3O6S. The second-order valence-corrected chi connectivity index (χ2v) is 9.64. The topological polar surface area (TPSA) is 119 Å². The van der Waals surface area contributed by atoms with Crippen molar-refractivity contribution in [3.05, 3.63) is 94.0 Å². The smallest absolute Gasteiger partial charge is 0.273 e. The molecule has 3 aromatic carbocycles. The van der Waals surface area contributed by atoms with Crippen LogP contribution in [0.2, 0.25) is 0 Å². The summed E-state index contributed by atoms with van der Waals surface area (Å²) in [5.74, 6) is -0.378. The molecule has 0 saturated heterocycles. The number of benzene rings is 3. The Labute approximate surface area is 198 Å². The minimum absolute atomic E-state index is 0.0709. The van der Waals surface area contributed by atoms with Crippen LogP contribution in [0.15, 0.2) is 77.7 Å². The Morgan fingerprint density at radius 1 is 1.06 bits per heavy atom. The van der Waals surface area contributed by atoms with E-state index in [1.165, 1.54) is 53.9 Å². The first-order valence-electron chi connectivity index (χ1n) is 10.4. The number of carbonyl (C=O) groups excluding carboxylic acids is 1. The van der Waals surface area contributed by atoms with Gasteiger partial charge >= 0.3 is 0 Å². The van der Waals surface area contributed by atoms with Gasteiger partial charge < -0.3 is 10.1 Å². The molecule has 0 radical (unpaired) electrons. The quantitative estimate of drug-likeness (QED) is 0.355. The van der Waals surface area contributed by atoms with Gasteiger partial charge in [-0.05, 0) is 49.7 Å². The molecular weight excluding hydrogens is 458 g/mol. The van der Waals surface area contributed by atoms with E-state index in [1.807, 2.05) is 30.3 Å². The summed E-state index contributed by atoms with van der Waals surface area (Å²) in [6.07, 6.45) is 0. The number of hydrogen-bond acceptors (Lipinski definition) is 6. The van der Waals surface area contributed by atoms with Gasteiger partial charge in [0.25, 0.3) is 11.6 Å². The molecule has 1 amide bonds. The highest BCUT2D eigenvalue weighted by atomic mass is 32.2. The van der Waals surface area contributed by atoms with Crippen LogP contribution in [0.4, 0.5) is 11.4 Å². The van der Waals surface area contributed by atoms with E-state index in [9.17, 15) is 23.3 Å². The minimum Gasteiger partial charge on any atom is -0.494 e. The van der Waals surface area contributed by atoms with Gasteiger partial charge in [-0.2, -0.15) is 4.31 Å². The zero-order valence-electron chi connectivity index (χ0n) is 19.0. The highest BCUT2D eigenvalue weighted by molar-refractivity contribution is 7.89. The Kier molecular flexibility index (Phi) is 7.64. The maximum atomic E-state index is 13.3. The summed E-state index contributed by atoms with van der Waals surface area (Å²) in [5, 5.41) is 13.6. The third-order valence-electron chi connectivity index (χ3n) is 5.12. The third kappa shape index (κ3) is 5.59. The fourth-order valence-electron chi connectivity index (χ4n) is 3.31. The van der Waals surface area contributed by atoms with Crippen molar-refractivity contribution in [1.82, 2.24) is 4.31 Å². The SMILES string of the molecule is COc1cc([N+](=O)[O-])ccc1NC(=O)c1ccc(S(=O)(=O)N(Cc2ccccc2)C(C)C)cc1. The van der Waals surface area contributed by atoms with Crippen LogP contribution in [0.1, 0.15) is 29.8 Å². The van der Waals surface area contributed by atoms with Crippen molar-refractivity contribution in [2.45, 2.75) is 31.3 Å². The first kappa shape index (κ1) is 24.9. The van der Waals surface area contributed by atoms with E-state index in [-0.39, 0.29) is 40.2 Å². The number of nitrogens with zero attached hydrogens (tertiary/aromatic N) is 2. The Bertz CT molecular complexity index is 1280. The summed E-state index contributed by atoms with van der Waals surface area (Å²) in [7, 11) is -2.47. The number of sulfonamides is 1. The lowest BCUT2D eigenvalue weighted by molar-refractivity contribution is -0.384. The first-order chi connectivity index (χ1) is 16.1. The highest BCUT2D eigenvalue weighted by Gasteiger charge is 2.27. The number of hydrogen-bond donors (Lipinski definition) is 1. The zero-order valence-corrected chi connectivity index (χ0v) is 19.8. The molecule has 0 aliphatic heterocycles. The van der Waals surface area contributed by atoms with Crippen LogP contribution < -0.4 is 10.1 Å². The molecule has 0 heterocycles. The van der Waals surface area contributed by atoms with Crippen LogP contribution in [-0.2, 0) is 16.6 Å². The van der Waals surface area contributed by atoms with Crippen molar-refractivity contribution >= 4 is 27.3 Å². The molecule has 0 aliphatic rings. The molecule has 0 spiro atoms. The lowest BCUT2D eigenvalue weighted by Crippen LogP contribution is -2.36. The van der Waals surface area contributed by atoms with Gasteiger partial charge in [0.1, 0.15) is 5.75 Å². The first-order valence-corrected chi connectivity index (χ1v) is 11.9. The van der Waals surface area contributed by atoms with Gasteiger partial charge in [-0.15, -0.1) is 0 Å². The Hall–Kier alpha value is -3.76. The molecule has 3 rings (SSSR count). The number of amides is 1. The largest absolute Gasteiger partial charge is 0.494 e. The summed E-state index contributed by atoms with van der Waals surface area (Å²) < 4.78 is 33.1. The number of rotatable bonds is 9. The lowest BCUT2D eigenvalue weighted by atomic mass is 10.2. The summed E-state index contributed by atoms with van der Waals surface area (Å²) >= 11 is 0. The zero-order chi connectivity index (χ0) is 24.9. The Morgan fingerprint density at radius 2 is 1.71 bits per heavy atom. The van der Waals surface area contributed by atoms with E-state index >= 15 is 0 Å². The lowest BCUT2D eigenvalue weighted by Gasteiger charge is -2.26. The molecule has 178 valence electrons. The number of nitro groups is 1. The number of anilines is 1. The van der Waals surface area contributed by atoms with Gasteiger partial charge in [0.15, 0.2) is 0 Å². The average Bonchev–Trinajstić information content (AvgIpc) is 2.83. The van der Waals surface area contributed by atoms with E-state index in [4.69, 9.17) is 4.74 Å². The van der Waals surface area contributed by atoms with Gasteiger partial charge in [0.2, 0.25) is 10.0 Å². The molecule has 0 bridgehead atoms. The maximum absolute atomic E-state index is 13.3. The van der Waals surface area contributed by atoms with Crippen molar-refractivity contribution < 1.29 is 22.9 Å². The molecule has 0 aromatic heterocycles. The average molecular weight is 484 g/mol. The van der Waals surface area contributed by atoms with Crippen molar-refractivity contribution in [1.29, 1.82) is 0 Å². The van der Waals surface area contributed by atoms with Crippen LogP contribution in [0, 0.1) is 10.1 Å². The van der Waals surface area contributed by atoms with E-state index < -0.39 is 20.9 Å². The summed E-state index contributed by atoms with van der Waals surface area (Å²) in [6.45, 7) is 3.84. The van der Waals surface area contributed by atoms with Gasteiger partial charge in [0.05, 0.1) is 28.7 Å². The molecule has 0 atom stereocenters. The predicted molar refractivity (Wildman–Crippen MR) is 128 cm³/mol. The standard InChI is InChI=1S/C24H25N3O6S/c1-17(2)26(16-18-7-5-4-6-8-18)34(31,32)21-12-9-19(10-13-21)24(28)25-22-14-11-20(27(29)30)15-23(22)33-3/h4-15,17H,16H2,1-3H3,(H,25,28). The number of nitro benzene ring substituents is 1. The monoisotopic (exact) mass is 483 g/mol. The Balaban J connectivity index is 1.80. The molecule has 0 saturated carbocycles. The molecule has 34 heavy (non-hydrogen) atoms. The number of carbonyl (C=O) groups is 1. The predicted octanol–water partition coefficient (Wildman–Crippen LogP) is 4.46. The number of methoxy groups -OCH3 is 1. The van der Waals surface area contributed by atoms with Gasteiger partial charge in [-0.1, -0.05) is 30.3 Å². The highest BCUT2D eigenvalue weighted by Crippen LogP contribution is 2.29. The van der Waals surface area contributed by atoms with E-state index in [2.05, 4.69) is 5.32 Å². The summed E-state index contributed by atoms with van der Waals surface area (Å²) in [4.78, 5) is 23.1. The third-order valence-corrected chi connectivity index (χ3v) is 7.16. The number of non-ortho nitro benzene ring substituents is 1. The van der Waals surface area contributed by atoms with Crippen molar-refractivity contribution in [3.63, 3.8) is 0 Å². The second-order valence-electron chi connectivity index (χ2n) is 7.75. The van der Waals surface area contributed by atoms with E-state index in [0.29, 0.717) is 0 Å². The molecule has 0 unspecified atom stereocenters. The van der Waals surface area contributed by atoms with Gasteiger partial charge in [-0.25, -0.2) is 8.42 Å². The fraction of sp³-hybridized carbons (Fsp3) is 0.208. The second kappa shape index (κ2) is 10.4. The van der Waals surface area contributed by atoms with Crippen LogP contribution in [0.3, 0.4) is 0 Å². The fourth-order valence-corrected chi connectivity index (χ4v) is 4.94. The normalized spacial score (nSPS) is 11.4. The van der Waals surface area contributed by atoms with Gasteiger partial charge in [-0.3, -0.25) is 14.9 Å². The summed E-state index contributed by atoms with van der Waals surface area (Å²) in [6, 6.07) is 18.5. The maximum Gasteiger partial charge on any atom is 0.273 e. The Morgan fingerprint density at radius 3 is 2.26 bits per heavy atom. The van der Waals surface area contributed by atoms with Crippen LogP contribution in [0.25, 0.3) is 0 Å². The van der Waals surface area contributed by atoms with Crippen molar-refractivity contribution in [3.8, 4) is 5.75 Å². The van der Waals surface area contributed by atoms with Crippen molar-refractivity contribution in [2.24, 2.45) is 0 Å². The van der Waals surface area contributed by atoms with Crippen molar-refractivity contribution in [2.75, 3.05) is 12.4 Å².